The third-order valence-corrected chi connectivity index (χ3v) is 6.89. The van der Waals surface area contributed by atoms with Gasteiger partial charge in [-0.15, -0.1) is 0 Å². The molecular weight excluding hydrogens is 490 g/mol. The molecule has 1 N–H and O–H groups in total. The molecular formula is C26H25F4N5O2. The van der Waals surface area contributed by atoms with Gasteiger partial charge in [-0.3, -0.25) is 9.78 Å². The molecule has 0 bridgehead atoms. The first-order valence-corrected chi connectivity index (χ1v) is 11.7. The Hall–Kier alpha value is -3.60. The van der Waals surface area contributed by atoms with Gasteiger partial charge in [0.15, 0.2) is 17.2 Å². The highest BCUT2D eigenvalue weighted by Crippen LogP contribution is 2.46. The van der Waals surface area contributed by atoms with Crippen LogP contribution in [0, 0.1) is 18.6 Å². The number of pyridine rings is 1. The van der Waals surface area contributed by atoms with Crippen molar-refractivity contribution < 1.29 is 27.5 Å². The summed E-state index contributed by atoms with van der Waals surface area (Å²) < 4.78 is 61.5. The number of anilines is 1. The Kier molecular flexibility index (Phi) is 5.74. The van der Waals surface area contributed by atoms with E-state index in [-0.39, 0.29) is 28.5 Å². The van der Waals surface area contributed by atoms with E-state index >= 15 is 8.78 Å². The molecule has 1 amide bonds. The second kappa shape index (κ2) is 8.47. The van der Waals surface area contributed by atoms with E-state index < -0.39 is 60.7 Å². The van der Waals surface area contributed by atoms with E-state index in [0.29, 0.717) is 5.69 Å². The molecule has 0 unspecified atom stereocenters. The van der Waals surface area contributed by atoms with Crippen LogP contribution < -0.4 is 4.90 Å². The number of amides is 1. The maximum atomic E-state index is 16.1. The molecule has 2 aliphatic rings. The van der Waals surface area contributed by atoms with E-state index in [1.807, 2.05) is 0 Å². The molecule has 0 aliphatic carbocycles. The Labute approximate surface area is 210 Å². The molecule has 11 heteroatoms. The van der Waals surface area contributed by atoms with Crippen LogP contribution in [0.4, 0.5) is 23.5 Å². The second-order valence-electron chi connectivity index (χ2n) is 10.2. The average molecular weight is 516 g/mol. The van der Waals surface area contributed by atoms with E-state index in [2.05, 4.69) is 15.0 Å². The zero-order valence-corrected chi connectivity index (χ0v) is 20.5. The minimum Gasteiger partial charge on any atom is -0.384 e. The Bertz CT molecular complexity index is 1360. The lowest BCUT2D eigenvalue weighted by molar-refractivity contribution is 0.0491. The molecule has 7 nitrogen and oxygen atoms in total. The third-order valence-electron chi connectivity index (χ3n) is 6.89. The summed E-state index contributed by atoms with van der Waals surface area (Å²) in [6, 6.07) is 9.06. The highest BCUT2D eigenvalue weighted by molar-refractivity contribution is 6.01. The zero-order chi connectivity index (χ0) is 26.8. The van der Waals surface area contributed by atoms with Gasteiger partial charge in [0.25, 0.3) is 5.91 Å². The number of halogens is 4. The van der Waals surface area contributed by atoms with Gasteiger partial charge in [0.2, 0.25) is 5.95 Å². The van der Waals surface area contributed by atoms with Gasteiger partial charge in [-0.05, 0) is 39.0 Å². The number of rotatable bonds is 4. The van der Waals surface area contributed by atoms with Crippen LogP contribution in [0.3, 0.4) is 0 Å². The van der Waals surface area contributed by atoms with Crippen molar-refractivity contribution in [2.75, 3.05) is 31.1 Å². The Morgan fingerprint density at radius 1 is 1.00 bits per heavy atom. The zero-order valence-electron chi connectivity index (χ0n) is 20.5. The number of carbonyl (C=O) groups excluding carboxylic acids is 1. The topological polar surface area (TPSA) is 82.5 Å². The fraction of sp³-hybridized carbons (Fsp3) is 0.385. The molecule has 37 heavy (non-hydrogen) atoms. The van der Waals surface area contributed by atoms with Crippen molar-refractivity contribution in [3.05, 3.63) is 71.2 Å². The number of fused-ring (bicyclic) bond motifs is 1. The molecule has 0 saturated carbocycles. The molecule has 2 aliphatic heterocycles. The van der Waals surface area contributed by atoms with Crippen molar-refractivity contribution in [2.24, 2.45) is 0 Å². The second-order valence-corrected chi connectivity index (χ2v) is 10.2. The van der Waals surface area contributed by atoms with Gasteiger partial charge in [0, 0.05) is 11.8 Å². The molecule has 2 aromatic heterocycles. The Balaban J connectivity index is 1.43. The number of aliphatic hydroxyl groups is 1. The Morgan fingerprint density at radius 3 is 2.27 bits per heavy atom. The molecule has 4 heterocycles. The monoisotopic (exact) mass is 515 g/mol. The number of alkyl halides is 2. The largest absolute Gasteiger partial charge is 0.384 e. The number of hydrogen-bond donors (Lipinski definition) is 1. The molecule has 2 saturated heterocycles. The molecule has 3 aromatic rings. The van der Waals surface area contributed by atoms with E-state index in [4.69, 9.17) is 0 Å². The molecule has 2 atom stereocenters. The summed E-state index contributed by atoms with van der Waals surface area (Å²) >= 11 is 0. The van der Waals surface area contributed by atoms with Crippen LogP contribution in [0.2, 0.25) is 0 Å². The predicted octanol–water partition coefficient (Wildman–Crippen LogP) is 3.75. The summed E-state index contributed by atoms with van der Waals surface area (Å²) in [5, 5.41) is 10.3. The minimum atomic E-state index is -2.50. The summed E-state index contributed by atoms with van der Waals surface area (Å²) in [5.74, 6) is -2.58. The van der Waals surface area contributed by atoms with E-state index in [0.717, 1.165) is 11.0 Å². The highest BCUT2D eigenvalue weighted by atomic mass is 19.2. The fourth-order valence-electron chi connectivity index (χ4n) is 5.00. The van der Waals surface area contributed by atoms with Crippen molar-refractivity contribution in [3.8, 4) is 11.3 Å². The molecule has 0 radical (unpaired) electrons. The van der Waals surface area contributed by atoms with E-state index in [1.165, 1.54) is 44.0 Å². The third kappa shape index (κ3) is 4.11. The van der Waals surface area contributed by atoms with Gasteiger partial charge < -0.3 is 14.9 Å². The maximum Gasteiger partial charge on any atom is 0.257 e. The lowest BCUT2D eigenvalue weighted by Crippen LogP contribution is -2.44. The quantitative estimate of drug-likeness (QED) is 0.533. The summed E-state index contributed by atoms with van der Waals surface area (Å²) in [5.41, 5.74) is -6.73. The number of hydrogen-bond acceptors (Lipinski definition) is 6. The van der Waals surface area contributed by atoms with Gasteiger partial charge >= 0.3 is 0 Å². The maximum absolute atomic E-state index is 16.1. The standard InChI is InChI=1S/C26H25F4N5O2/c1-15-20(28)21(24(2,3)37)33-23(32-15)35-13-25(29)11-34(12-26(25,30)14-35)22(36)19-16(7-6-8-17(19)27)18-9-4-5-10-31-18/h4-10,37H,11-14H2,1-3H3/t25-,26+. The lowest BCUT2D eigenvalue weighted by Gasteiger charge is -2.25. The average Bonchev–Trinajstić information content (AvgIpc) is 3.24. The SMILES string of the molecule is Cc1nc(N2C[C@]3(F)CN(C(=O)c4c(F)cccc4-c4ccccn4)C[C@]3(F)C2)nc(C(C)(C)O)c1F. The molecule has 5 rings (SSSR count). The number of aryl methyl sites for hydroxylation is 1. The van der Waals surface area contributed by atoms with Gasteiger partial charge in [0.1, 0.15) is 17.1 Å². The first kappa shape index (κ1) is 25.1. The van der Waals surface area contributed by atoms with Crippen molar-refractivity contribution >= 4 is 11.9 Å². The minimum absolute atomic E-state index is 0.0709. The van der Waals surface area contributed by atoms with Crippen molar-refractivity contribution in [3.63, 3.8) is 0 Å². The lowest BCUT2D eigenvalue weighted by atomic mass is 9.94. The Morgan fingerprint density at radius 2 is 1.68 bits per heavy atom. The van der Waals surface area contributed by atoms with Crippen LogP contribution >= 0.6 is 0 Å². The van der Waals surface area contributed by atoms with Crippen LogP contribution in [0.25, 0.3) is 11.3 Å². The summed E-state index contributed by atoms with van der Waals surface area (Å²) in [4.78, 5) is 27.9. The molecule has 1 aromatic carbocycles. The number of carbonyl (C=O) groups is 1. The smallest absolute Gasteiger partial charge is 0.257 e. The van der Waals surface area contributed by atoms with Crippen molar-refractivity contribution in [1.82, 2.24) is 19.9 Å². The number of nitrogens with zero attached hydrogens (tertiary/aromatic N) is 5. The normalized spacial score (nSPS) is 23.5. The van der Waals surface area contributed by atoms with E-state index in [9.17, 15) is 18.7 Å². The van der Waals surface area contributed by atoms with Gasteiger partial charge in [-0.1, -0.05) is 18.2 Å². The first-order valence-electron chi connectivity index (χ1n) is 11.7. The fourth-order valence-corrected chi connectivity index (χ4v) is 5.00. The summed E-state index contributed by atoms with van der Waals surface area (Å²) in [7, 11) is 0. The predicted molar refractivity (Wildman–Crippen MR) is 127 cm³/mol. The van der Waals surface area contributed by atoms with Crippen LogP contribution in [-0.2, 0) is 5.60 Å². The van der Waals surface area contributed by atoms with Crippen molar-refractivity contribution in [1.29, 1.82) is 0 Å². The van der Waals surface area contributed by atoms with Crippen LogP contribution in [0.15, 0.2) is 42.6 Å². The molecule has 0 spiro atoms. The van der Waals surface area contributed by atoms with Crippen molar-refractivity contribution in [2.45, 2.75) is 37.7 Å². The van der Waals surface area contributed by atoms with E-state index in [1.54, 1.807) is 18.2 Å². The summed E-state index contributed by atoms with van der Waals surface area (Å²) in [6.45, 7) is 1.82. The van der Waals surface area contributed by atoms with Gasteiger partial charge in [0.05, 0.1) is 43.1 Å². The van der Waals surface area contributed by atoms with Crippen LogP contribution in [-0.4, -0.2) is 68.4 Å². The molecule has 194 valence electrons. The van der Waals surface area contributed by atoms with Gasteiger partial charge in [-0.2, -0.15) is 0 Å². The number of likely N-dealkylation sites (tertiary alicyclic amines) is 1. The summed E-state index contributed by atoms with van der Waals surface area (Å²) in [6.07, 6.45) is 1.50. The number of aromatic nitrogens is 3. The van der Waals surface area contributed by atoms with Gasteiger partial charge in [-0.25, -0.2) is 27.5 Å². The molecule has 2 fully saturated rings. The van der Waals surface area contributed by atoms with Crippen LogP contribution in [0.5, 0.6) is 0 Å². The first-order chi connectivity index (χ1) is 17.3. The number of benzene rings is 1. The van der Waals surface area contributed by atoms with Crippen LogP contribution in [0.1, 0.15) is 35.6 Å². The highest BCUT2D eigenvalue weighted by Gasteiger charge is 2.67.